The molecule has 2 heterocycles. The largest absolute Gasteiger partial charge is 0.347 e. The lowest BCUT2D eigenvalue weighted by molar-refractivity contribution is -0.120. The van der Waals surface area contributed by atoms with E-state index in [1.54, 1.807) is 6.07 Å². The van der Waals surface area contributed by atoms with Crippen molar-refractivity contribution < 1.29 is 9.32 Å². The van der Waals surface area contributed by atoms with Crippen molar-refractivity contribution in [3.63, 3.8) is 0 Å². The topological polar surface area (TPSA) is 73.0 Å². The van der Waals surface area contributed by atoms with Gasteiger partial charge in [0.1, 0.15) is 0 Å². The summed E-state index contributed by atoms with van der Waals surface area (Å²) in [6.07, 6.45) is 2.32. The predicted molar refractivity (Wildman–Crippen MR) is 108 cm³/mol. The van der Waals surface area contributed by atoms with Gasteiger partial charge in [0.15, 0.2) is 0 Å². The van der Waals surface area contributed by atoms with Crippen LogP contribution in [0.1, 0.15) is 18.4 Å². The van der Waals surface area contributed by atoms with Gasteiger partial charge in [-0.2, -0.15) is 4.98 Å². The van der Waals surface area contributed by atoms with Gasteiger partial charge in [0.05, 0.1) is 18.0 Å². The average Bonchev–Trinajstić information content (AvgIpc) is 3.32. The molecule has 1 N–H and O–H groups in total. The number of fused-ring (bicyclic) bond motifs is 1. The standard InChI is InChI=1S/C21H19ClN4O2/c1-2-26-13-14(15-7-4-6-10-18(15)26)11-19(27)23-12-20-24-21(25-28-20)16-8-3-5-9-17(16)22/h3-10,13H,2,11-12H2,1H3,(H,23,27). The molecule has 2 aromatic heterocycles. The highest BCUT2D eigenvalue weighted by atomic mass is 35.5. The summed E-state index contributed by atoms with van der Waals surface area (Å²) in [5, 5.41) is 8.42. The molecule has 2 aromatic carbocycles. The van der Waals surface area contributed by atoms with Crippen LogP contribution in [0.15, 0.2) is 59.3 Å². The summed E-state index contributed by atoms with van der Waals surface area (Å²) < 4.78 is 7.37. The van der Waals surface area contributed by atoms with Gasteiger partial charge in [-0.1, -0.05) is 47.1 Å². The number of aryl methyl sites for hydroxylation is 1. The van der Waals surface area contributed by atoms with Gasteiger partial charge in [-0.15, -0.1) is 0 Å². The Labute approximate surface area is 167 Å². The summed E-state index contributed by atoms with van der Waals surface area (Å²) in [4.78, 5) is 16.7. The Hall–Kier alpha value is -3.12. The van der Waals surface area contributed by atoms with Crippen molar-refractivity contribution >= 4 is 28.4 Å². The summed E-state index contributed by atoms with van der Waals surface area (Å²) >= 11 is 6.15. The monoisotopic (exact) mass is 394 g/mol. The van der Waals surface area contributed by atoms with Gasteiger partial charge in [-0.25, -0.2) is 0 Å². The fourth-order valence-corrected chi connectivity index (χ4v) is 3.43. The molecule has 1 amide bonds. The Morgan fingerprint density at radius 3 is 2.79 bits per heavy atom. The highest BCUT2D eigenvalue weighted by Crippen LogP contribution is 2.25. The van der Waals surface area contributed by atoms with Crippen LogP contribution >= 0.6 is 11.6 Å². The molecule has 0 aliphatic heterocycles. The molecule has 0 fully saturated rings. The first-order valence-electron chi connectivity index (χ1n) is 9.06. The molecule has 0 aliphatic rings. The maximum atomic E-state index is 12.4. The number of carbonyl (C=O) groups is 1. The molecular formula is C21H19ClN4O2. The van der Waals surface area contributed by atoms with Gasteiger partial charge in [-0.3, -0.25) is 4.79 Å². The minimum atomic E-state index is -0.100. The Balaban J connectivity index is 1.43. The first-order valence-corrected chi connectivity index (χ1v) is 9.44. The third kappa shape index (κ3) is 3.64. The van der Waals surface area contributed by atoms with Crippen LogP contribution in [0, 0.1) is 0 Å². The van der Waals surface area contributed by atoms with Gasteiger partial charge in [0.2, 0.25) is 17.6 Å². The van der Waals surface area contributed by atoms with Crippen LogP contribution in [0.5, 0.6) is 0 Å². The number of rotatable bonds is 6. The van der Waals surface area contributed by atoms with Gasteiger partial charge in [-0.05, 0) is 30.7 Å². The minimum absolute atomic E-state index is 0.100. The van der Waals surface area contributed by atoms with E-state index in [0.29, 0.717) is 28.7 Å². The van der Waals surface area contributed by atoms with Crippen LogP contribution in [-0.4, -0.2) is 20.6 Å². The SMILES string of the molecule is CCn1cc(CC(=O)NCc2nc(-c3ccccc3Cl)no2)c2ccccc21. The van der Waals surface area contributed by atoms with Crippen molar-refractivity contribution in [1.82, 2.24) is 20.0 Å². The van der Waals surface area contributed by atoms with E-state index in [2.05, 4.69) is 33.0 Å². The lowest BCUT2D eigenvalue weighted by atomic mass is 10.1. The molecular weight excluding hydrogens is 376 g/mol. The van der Waals surface area contributed by atoms with E-state index in [-0.39, 0.29) is 12.5 Å². The Morgan fingerprint density at radius 2 is 1.96 bits per heavy atom. The van der Waals surface area contributed by atoms with Crippen molar-refractivity contribution in [2.24, 2.45) is 0 Å². The summed E-state index contributed by atoms with van der Waals surface area (Å²) in [6, 6.07) is 15.4. The molecule has 6 nitrogen and oxygen atoms in total. The van der Waals surface area contributed by atoms with E-state index >= 15 is 0 Å². The first-order chi connectivity index (χ1) is 13.7. The lowest BCUT2D eigenvalue weighted by Crippen LogP contribution is -2.24. The number of aromatic nitrogens is 3. The molecule has 0 radical (unpaired) electrons. The van der Waals surface area contributed by atoms with E-state index in [1.807, 2.05) is 42.6 Å². The summed E-state index contributed by atoms with van der Waals surface area (Å²) in [7, 11) is 0. The molecule has 0 unspecified atom stereocenters. The number of benzene rings is 2. The number of carbonyl (C=O) groups excluding carboxylic acids is 1. The van der Waals surface area contributed by atoms with Gasteiger partial charge < -0.3 is 14.4 Å². The lowest BCUT2D eigenvalue weighted by Gasteiger charge is -2.01. The van der Waals surface area contributed by atoms with Crippen molar-refractivity contribution in [2.75, 3.05) is 0 Å². The molecule has 0 atom stereocenters. The fourth-order valence-electron chi connectivity index (χ4n) is 3.21. The molecule has 0 saturated carbocycles. The molecule has 0 aliphatic carbocycles. The summed E-state index contributed by atoms with van der Waals surface area (Å²) in [5.74, 6) is 0.636. The van der Waals surface area contributed by atoms with E-state index in [9.17, 15) is 4.79 Å². The maximum absolute atomic E-state index is 12.4. The van der Waals surface area contributed by atoms with E-state index in [1.165, 1.54) is 0 Å². The molecule has 28 heavy (non-hydrogen) atoms. The van der Waals surface area contributed by atoms with E-state index in [0.717, 1.165) is 23.0 Å². The van der Waals surface area contributed by atoms with Crippen LogP contribution < -0.4 is 5.32 Å². The molecule has 142 valence electrons. The average molecular weight is 395 g/mol. The summed E-state index contributed by atoms with van der Waals surface area (Å²) in [5.41, 5.74) is 2.82. The van der Waals surface area contributed by atoms with Crippen LogP contribution in [0.25, 0.3) is 22.3 Å². The summed E-state index contributed by atoms with van der Waals surface area (Å²) in [6.45, 7) is 3.11. The van der Waals surface area contributed by atoms with Gasteiger partial charge in [0, 0.05) is 29.2 Å². The van der Waals surface area contributed by atoms with Crippen molar-refractivity contribution in [3.05, 3.63) is 71.2 Å². The maximum Gasteiger partial charge on any atom is 0.246 e. The fraction of sp³-hybridized carbons (Fsp3) is 0.190. The van der Waals surface area contributed by atoms with Crippen molar-refractivity contribution in [1.29, 1.82) is 0 Å². The first kappa shape index (κ1) is 18.3. The number of halogens is 1. The molecule has 7 heteroatoms. The number of para-hydroxylation sites is 1. The highest BCUT2D eigenvalue weighted by molar-refractivity contribution is 6.33. The Morgan fingerprint density at radius 1 is 1.18 bits per heavy atom. The van der Waals surface area contributed by atoms with Crippen molar-refractivity contribution in [3.8, 4) is 11.4 Å². The van der Waals surface area contributed by atoms with E-state index < -0.39 is 0 Å². The van der Waals surface area contributed by atoms with Crippen LogP contribution in [0.4, 0.5) is 0 Å². The zero-order valence-electron chi connectivity index (χ0n) is 15.4. The highest BCUT2D eigenvalue weighted by Gasteiger charge is 2.14. The third-order valence-corrected chi connectivity index (χ3v) is 4.91. The third-order valence-electron chi connectivity index (χ3n) is 4.58. The van der Waals surface area contributed by atoms with Gasteiger partial charge in [0.25, 0.3) is 0 Å². The van der Waals surface area contributed by atoms with E-state index in [4.69, 9.17) is 16.1 Å². The molecule has 0 bridgehead atoms. The number of nitrogens with one attached hydrogen (secondary N) is 1. The van der Waals surface area contributed by atoms with Crippen LogP contribution in [0.2, 0.25) is 5.02 Å². The number of nitrogens with zero attached hydrogens (tertiary/aromatic N) is 3. The molecule has 0 saturated heterocycles. The number of hydrogen-bond donors (Lipinski definition) is 1. The predicted octanol–water partition coefficient (Wildman–Crippen LogP) is 4.22. The second kappa shape index (κ2) is 7.86. The second-order valence-electron chi connectivity index (χ2n) is 6.40. The number of hydrogen-bond acceptors (Lipinski definition) is 4. The number of amides is 1. The zero-order valence-corrected chi connectivity index (χ0v) is 16.1. The van der Waals surface area contributed by atoms with Gasteiger partial charge >= 0.3 is 0 Å². The zero-order chi connectivity index (χ0) is 19.5. The van der Waals surface area contributed by atoms with Crippen LogP contribution in [-0.2, 0) is 24.3 Å². The normalized spacial score (nSPS) is 11.1. The second-order valence-corrected chi connectivity index (χ2v) is 6.81. The Bertz CT molecular complexity index is 1130. The quantitative estimate of drug-likeness (QED) is 0.531. The van der Waals surface area contributed by atoms with Crippen LogP contribution in [0.3, 0.4) is 0 Å². The molecule has 4 aromatic rings. The smallest absolute Gasteiger partial charge is 0.246 e. The minimum Gasteiger partial charge on any atom is -0.347 e. The van der Waals surface area contributed by atoms with Crippen molar-refractivity contribution in [2.45, 2.75) is 26.4 Å². The Kier molecular flexibility index (Phi) is 5.12. The molecule has 0 spiro atoms. The molecule has 4 rings (SSSR count).